The van der Waals surface area contributed by atoms with Crippen LogP contribution in [0.15, 0.2) is 27.2 Å². The molecule has 0 aromatic carbocycles. The van der Waals surface area contributed by atoms with Crippen LogP contribution in [0.4, 0.5) is 0 Å². The summed E-state index contributed by atoms with van der Waals surface area (Å²) in [6.07, 6.45) is 3.70. The molecule has 2 aromatic rings. The molecule has 2 aromatic heterocycles. The third kappa shape index (κ3) is 2.16. The van der Waals surface area contributed by atoms with E-state index < -0.39 is 0 Å². The summed E-state index contributed by atoms with van der Waals surface area (Å²) < 4.78 is 10.7. The van der Waals surface area contributed by atoms with Gasteiger partial charge in [-0.05, 0) is 31.5 Å². The third-order valence-corrected chi connectivity index (χ3v) is 3.25. The van der Waals surface area contributed by atoms with Gasteiger partial charge in [0.25, 0.3) is 5.89 Å². The molecule has 0 radical (unpaired) electrons. The first-order valence-corrected chi connectivity index (χ1v) is 6.08. The molecule has 0 unspecified atom stereocenters. The van der Waals surface area contributed by atoms with Crippen LogP contribution in [0.25, 0.3) is 11.7 Å². The first kappa shape index (κ1) is 11.4. The molecule has 3 heterocycles. The van der Waals surface area contributed by atoms with E-state index in [4.69, 9.17) is 8.83 Å². The summed E-state index contributed by atoms with van der Waals surface area (Å²) in [6, 6.07) is 3.77. The molecular weight excluding hydrogens is 234 g/mol. The van der Waals surface area contributed by atoms with Crippen LogP contribution in [0, 0.1) is 0 Å². The number of rotatable bonds is 4. The van der Waals surface area contributed by atoms with E-state index in [0.29, 0.717) is 24.1 Å². The van der Waals surface area contributed by atoms with E-state index in [1.807, 2.05) is 0 Å². The standard InChI is InChI=1S/C12H15N3O3/c16-8-9-3-1-5-15(9)7-11-13-14-12(18-11)10-4-2-6-17-10/h2,4,6,9,16H,1,3,5,7-8H2/t9-/m0/s1. The highest BCUT2D eigenvalue weighted by Crippen LogP contribution is 2.22. The van der Waals surface area contributed by atoms with Gasteiger partial charge in [-0.25, -0.2) is 0 Å². The third-order valence-electron chi connectivity index (χ3n) is 3.25. The number of nitrogens with zero attached hydrogens (tertiary/aromatic N) is 3. The van der Waals surface area contributed by atoms with E-state index in [0.717, 1.165) is 19.4 Å². The summed E-state index contributed by atoms with van der Waals surface area (Å²) in [4.78, 5) is 2.17. The molecule has 0 spiro atoms. The van der Waals surface area contributed by atoms with Crippen molar-refractivity contribution in [1.82, 2.24) is 15.1 Å². The minimum Gasteiger partial charge on any atom is -0.459 e. The maximum Gasteiger partial charge on any atom is 0.283 e. The fourth-order valence-electron chi connectivity index (χ4n) is 2.30. The monoisotopic (exact) mass is 249 g/mol. The van der Waals surface area contributed by atoms with Gasteiger partial charge in [-0.3, -0.25) is 4.90 Å². The van der Waals surface area contributed by atoms with E-state index in [2.05, 4.69) is 15.1 Å². The Bertz CT molecular complexity index is 494. The van der Waals surface area contributed by atoms with E-state index in [1.165, 1.54) is 0 Å². The van der Waals surface area contributed by atoms with Gasteiger partial charge in [0.1, 0.15) is 0 Å². The number of aliphatic hydroxyl groups is 1. The SMILES string of the molecule is OC[C@@H]1CCCN1Cc1nnc(-c2ccco2)o1. The van der Waals surface area contributed by atoms with Crippen molar-refractivity contribution in [2.24, 2.45) is 0 Å². The molecule has 96 valence electrons. The van der Waals surface area contributed by atoms with Crippen LogP contribution in [-0.4, -0.2) is 39.4 Å². The molecule has 1 aliphatic heterocycles. The van der Waals surface area contributed by atoms with Gasteiger partial charge in [0.15, 0.2) is 5.76 Å². The fourth-order valence-corrected chi connectivity index (χ4v) is 2.30. The maximum atomic E-state index is 9.25. The van der Waals surface area contributed by atoms with Gasteiger partial charge in [0.05, 0.1) is 19.4 Å². The molecule has 1 fully saturated rings. The smallest absolute Gasteiger partial charge is 0.283 e. The second-order valence-corrected chi connectivity index (χ2v) is 4.43. The zero-order valence-electron chi connectivity index (χ0n) is 9.95. The van der Waals surface area contributed by atoms with Gasteiger partial charge < -0.3 is 13.9 Å². The molecule has 3 rings (SSSR count). The molecule has 0 amide bonds. The lowest BCUT2D eigenvalue weighted by molar-refractivity contribution is 0.144. The molecule has 18 heavy (non-hydrogen) atoms. The highest BCUT2D eigenvalue weighted by Gasteiger charge is 2.25. The summed E-state index contributed by atoms with van der Waals surface area (Å²) >= 11 is 0. The van der Waals surface area contributed by atoms with Crippen molar-refractivity contribution >= 4 is 0 Å². The predicted molar refractivity (Wildman–Crippen MR) is 62.5 cm³/mol. The van der Waals surface area contributed by atoms with Crippen molar-refractivity contribution in [3.63, 3.8) is 0 Å². The summed E-state index contributed by atoms with van der Waals surface area (Å²) in [5.41, 5.74) is 0. The van der Waals surface area contributed by atoms with Crippen LogP contribution in [0.3, 0.4) is 0 Å². The van der Waals surface area contributed by atoms with E-state index >= 15 is 0 Å². The van der Waals surface area contributed by atoms with Gasteiger partial charge in [-0.15, -0.1) is 10.2 Å². The van der Waals surface area contributed by atoms with E-state index in [9.17, 15) is 5.11 Å². The Morgan fingerprint density at radius 2 is 2.39 bits per heavy atom. The average Bonchev–Trinajstić information content (AvgIpc) is 3.10. The van der Waals surface area contributed by atoms with Crippen molar-refractivity contribution in [1.29, 1.82) is 0 Å². The number of hydrogen-bond acceptors (Lipinski definition) is 6. The highest BCUT2D eigenvalue weighted by molar-refractivity contribution is 5.42. The molecule has 0 saturated carbocycles. The lowest BCUT2D eigenvalue weighted by Crippen LogP contribution is -2.31. The maximum absolute atomic E-state index is 9.25. The van der Waals surface area contributed by atoms with Crippen LogP contribution in [0.5, 0.6) is 0 Å². The van der Waals surface area contributed by atoms with Crippen LogP contribution in [-0.2, 0) is 6.54 Å². The molecule has 0 bridgehead atoms. The lowest BCUT2D eigenvalue weighted by atomic mass is 10.2. The van der Waals surface area contributed by atoms with Crippen molar-refractivity contribution in [2.75, 3.05) is 13.2 Å². The normalized spacial score (nSPS) is 20.6. The van der Waals surface area contributed by atoms with Gasteiger partial charge in [-0.2, -0.15) is 0 Å². The minimum atomic E-state index is 0.180. The molecule has 6 nitrogen and oxygen atoms in total. The zero-order valence-corrected chi connectivity index (χ0v) is 9.95. The topological polar surface area (TPSA) is 75.5 Å². The fraction of sp³-hybridized carbons (Fsp3) is 0.500. The summed E-state index contributed by atoms with van der Waals surface area (Å²) in [5.74, 6) is 1.53. The van der Waals surface area contributed by atoms with Gasteiger partial charge in [0, 0.05) is 6.04 Å². The number of aliphatic hydroxyl groups excluding tert-OH is 1. The Kier molecular flexibility index (Phi) is 3.12. The summed E-state index contributed by atoms with van der Waals surface area (Å²) in [6.45, 7) is 1.72. The minimum absolute atomic E-state index is 0.180. The van der Waals surface area contributed by atoms with Crippen molar-refractivity contribution in [3.8, 4) is 11.7 Å². The lowest BCUT2D eigenvalue weighted by Gasteiger charge is -2.20. The van der Waals surface area contributed by atoms with Crippen LogP contribution in [0.2, 0.25) is 0 Å². The Morgan fingerprint density at radius 1 is 1.44 bits per heavy atom. The summed E-state index contributed by atoms with van der Waals surface area (Å²) in [7, 11) is 0. The Hall–Kier alpha value is -1.66. The largest absolute Gasteiger partial charge is 0.459 e. The number of furan rings is 1. The summed E-state index contributed by atoms with van der Waals surface area (Å²) in [5, 5.41) is 17.2. The average molecular weight is 249 g/mol. The first-order valence-electron chi connectivity index (χ1n) is 6.08. The van der Waals surface area contributed by atoms with Crippen LogP contribution < -0.4 is 0 Å². The molecule has 6 heteroatoms. The molecule has 1 aliphatic rings. The molecular formula is C12H15N3O3. The predicted octanol–water partition coefficient (Wildman–Crippen LogP) is 1.29. The Labute approximate surface area is 104 Å². The second kappa shape index (κ2) is 4.91. The Morgan fingerprint density at radius 3 is 3.17 bits per heavy atom. The molecule has 0 aliphatic carbocycles. The zero-order chi connectivity index (χ0) is 12.4. The molecule has 1 N–H and O–H groups in total. The second-order valence-electron chi connectivity index (χ2n) is 4.43. The quantitative estimate of drug-likeness (QED) is 0.879. The van der Waals surface area contributed by atoms with Gasteiger partial charge in [0.2, 0.25) is 5.89 Å². The van der Waals surface area contributed by atoms with Crippen molar-refractivity contribution in [2.45, 2.75) is 25.4 Å². The number of hydrogen-bond donors (Lipinski definition) is 1. The van der Waals surface area contributed by atoms with E-state index in [-0.39, 0.29) is 12.6 Å². The van der Waals surface area contributed by atoms with Gasteiger partial charge in [-0.1, -0.05) is 0 Å². The van der Waals surface area contributed by atoms with E-state index in [1.54, 1.807) is 18.4 Å². The molecule has 1 saturated heterocycles. The Balaban J connectivity index is 1.70. The highest BCUT2D eigenvalue weighted by atomic mass is 16.4. The van der Waals surface area contributed by atoms with Crippen molar-refractivity contribution in [3.05, 3.63) is 24.3 Å². The van der Waals surface area contributed by atoms with Crippen LogP contribution >= 0.6 is 0 Å². The van der Waals surface area contributed by atoms with Gasteiger partial charge >= 0.3 is 0 Å². The number of likely N-dealkylation sites (tertiary alicyclic amines) is 1. The molecule has 1 atom stereocenters. The number of aromatic nitrogens is 2. The first-order chi connectivity index (χ1) is 8.86. The van der Waals surface area contributed by atoms with Crippen LogP contribution in [0.1, 0.15) is 18.7 Å². The van der Waals surface area contributed by atoms with Crippen molar-refractivity contribution < 1.29 is 13.9 Å².